The second-order valence-electron chi connectivity index (χ2n) is 2.31. The van der Waals surface area contributed by atoms with Crippen LogP contribution in [0.15, 0.2) is 0 Å². The predicted molar refractivity (Wildman–Crippen MR) is 38.8 cm³/mol. The summed E-state index contributed by atoms with van der Waals surface area (Å²) in [5.41, 5.74) is 0. The van der Waals surface area contributed by atoms with E-state index in [2.05, 4.69) is 0 Å². The van der Waals surface area contributed by atoms with Gasteiger partial charge in [-0.1, -0.05) is 0 Å². The van der Waals surface area contributed by atoms with Crippen molar-refractivity contribution in [1.29, 1.82) is 0 Å². The van der Waals surface area contributed by atoms with E-state index in [1.807, 2.05) is 11.9 Å². The Balaban J connectivity index is 3.49. The molecule has 0 saturated heterocycles. The molecule has 0 amide bonds. The summed E-state index contributed by atoms with van der Waals surface area (Å²) >= 11 is 0. The highest BCUT2D eigenvalue weighted by molar-refractivity contribution is 5.57. The number of likely N-dealkylation sites (N-methyl/N-ethyl adjacent to an activating group) is 1. The fraction of sp³-hybridized carbons (Fsp3) is 0.714. The summed E-state index contributed by atoms with van der Waals surface area (Å²) < 4.78 is 0. The zero-order chi connectivity index (χ0) is 7.98. The van der Waals surface area contributed by atoms with E-state index in [-0.39, 0.29) is 6.04 Å². The molecule has 10 heavy (non-hydrogen) atoms. The van der Waals surface area contributed by atoms with Crippen LogP contribution in [0.25, 0.3) is 0 Å². The molecule has 0 aliphatic rings. The third-order valence-electron chi connectivity index (χ3n) is 1.49. The van der Waals surface area contributed by atoms with E-state index in [0.29, 0.717) is 13.0 Å². The number of rotatable bonds is 5. The number of carbonyl (C=O) groups is 2. The average molecular weight is 143 g/mol. The molecule has 0 aromatic carbocycles. The SMILES string of the molecule is C[C@H](C=O)N(C)CCC=O. The van der Waals surface area contributed by atoms with Crippen molar-refractivity contribution >= 4 is 12.6 Å². The normalized spacial score (nSPS) is 13.1. The van der Waals surface area contributed by atoms with E-state index in [1.165, 1.54) is 0 Å². The van der Waals surface area contributed by atoms with Crippen LogP contribution >= 0.6 is 0 Å². The van der Waals surface area contributed by atoms with Gasteiger partial charge in [0.25, 0.3) is 0 Å². The molecule has 0 N–H and O–H groups in total. The summed E-state index contributed by atoms with van der Waals surface area (Å²) in [4.78, 5) is 21.9. The van der Waals surface area contributed by atoms with Crippen LogP contribution in [-0.4, -0.2) is 37.1 Å². The van der Waals surface area contributed by atoms with E-state index in [4.69, 9.17) is 0 Å². The van der Waals surface area contributed by atoms with Gasteiger partial charge in [0.05, 0.1) is 6.04 Å². The molecular formula is C7H13NO2. The Morgan fingerprint density at radius 1 is 1.50 bits per heavy atom. The van der Waals surface area contributed by atoms with Crippen molar-refractivity contribution in [1.82, 2.24) is 4.90 Å². The summed E-state index contributed by atoms with van der Waals surface area (Å²) in [5.74, 6) is 0. The molecule has 0 aromatic heterocycles. The van der Waals surface area contributed by atoms with Gasteiger partial charge in [0.1, 0.15) is 12.6 Å². The molecule has 3 nitrogen and oxygen atoms in total. The largest absolute Gasteiger partial charge is 0.303 e. The second kappa shape index (κ2) is 5.11. The Morgan fingerprint density at radius 2 is 2.10 bits per heavy atom. The molecule has 0 spiro atoms. The van der Waals surface area contributed by atoms with Crippen LogP contribution < -0.4 is 0 Å². The molecule has 0 aromatic rings. The van der Waals surface area contributed by atoms with E-state index in [1.54, 1.807) is 6.92 Å². The third kappa shape index (κ3) is 3.35. The van der Waals surface area contributed by atoms with Gasteiger partial charge >= 0.3 is 0 Å². The van der Waals surface area contributed by atoms with Crippen LogP contribution in [0, 0.1) is 0 Å². The first kappa shape index (κ1) is 9.30. The first-order valence-electron chi connectivity index (χ1n) is 3.31. The molecule has 3 heteroatoms. The van der Waals surface area contributed by atoms with Crippen LogP contribution in [-0.2, 0) is 9.59 Å². The highest BCUT2D eigenvalue weighted by atomic mass is 16.1. The van der Waals surface area contributed by atoms with E-state index >= 15 is 0 Å². The zero-order valence-corrected chi connectivity index (χ0v) is 6.41. The van der Waals surface area contributed by atoms with Crippen molar-refractivity contribution in [2.45, 2.75) is 19.4 Å². The van der Waals surface area contributed by atoms with Gasteiger partial charge in [-0.3, -0.25) is 4.90 Å². The average Bonchev–Trinajstić information content (AvgIpc) is 1.98. The lowest BCUT2D eigenvalue weighted by Gasteiger charge is -2.17. The van der Waals surface area contributed by atoms with Gasteiger partial charge in [0, 0.05) is 13.0 Å². The number of carbonyl (C=O) groups excluding carboxylic acids is 2. The van der Waals surface area contributed by atoms with Gasteiger partial charge in [-0.05, 0) is 14.0 Å². The minimum Gasteiger partial charge on any atom is -0.303 e. The summed E-state index contributed by atoms with van der Waals surface area (Å²) in [6.45, 7) is 2.46. The maximum Gasteiger partial charge on any atom is 0.136 e. The first-order valence-corrected chi connectivity index (χ1v) is 3.31. The van der Waals surface area contributed by atoms with Gasteiger partial charge in [-0.2, -0.15) is 0 Å². The minimum atomic E-state index is -0.0834. The number of hydrogen-bond acceptors (Lipinski definition) is 3. The molecule has 58 valence electrons. The molecule has 0 heterocycles. The Bertz CT molecular complexity index is 114. The summed E-state index contributed by atoms with van der Waals surface area (Å²) in [6.07, 6.45) is 2.22. The van der Waals surface area contributed by atoms with Gasteiger partial charge in [0.15, 0.2) is 0 Å². The topological polar surface area (TPSA) is 37.4 Å². The van der Waals surface area contributed by atoms with Gasteiger partial charge < -0.3 is 9.59 Å². The van der Waals surface area contributed by atoms with E-state index in [9.17, 15) is 9.59 Å². The molecule has 0 fully saturated rings. The Hall–Kier alpha value is -0.700. The minimum absolute atomic E-state index is 0.0834. The van der Waals surface area contributed by atoms with Crippen LogP contribution in [0.3, 0.4) is 0 Å². The molecule has 0 saturated carbocycles. The number of aldehydes is 2. The number of hydrogen-bond donors (Lipinski definition) is 0. The molecule has 0 bridgehead atoms. The van der Waals surface area contributed by atoms with Crippen LogP contribution in [0.2, 0.25) is 0 Å². The van der Waals surface area contributed by atoms with Crippen molar-refractivity contribution in [3.63, 3.8) is 0 Å². The highest BCUT2D eigenvalue weighted by Gasteiger charge is 2.04. The standard InChI is InChI=1S/C7H13NO2/c1-7(6-10)8(2)4-3-5-9/h5-7H,3-4H2,1-2H3/t7-/m1/s1. The van der Waals surface area contributed by atoms with Crippen LogP contribution in [0.5, 0.6) is 0 Å². The number of nitrogens with zero attached hydrogens (tertiary/aromatic N) is 1. The van der Waals surface area contributed by atoms with Gasteiger partial charge in [-0.15, -0.1) is 0 Å². The van der Waals surface area contributed by atoms with Crippen molar-refractivity contribution < 1.29 is 9.59 Å². The van der Waals surface area contributed by atoms with Crippen molar-refractivity contribution in [2.24, 2.45) is 0 Å². The van der Waals surface area contributed by atoms with Crippen molar-refractivity contribution in [3.05, 3.63) is 0 Å². The lowest BCUT2D eigenvalue weighted by atomic mass is 10.3. The smallest absolute Gasteiger partial charge is 0.136 e. The lowest BCUT2D eigenvalue weighted by molar-refractivity contribution is -0.112. The quantitative estimate of drug-likeness (QED) is 0.512. The Kier molecular flexibility index (Phi) is 4.76. The molecule has 0 aliphatic heterocycles. The Morgan fingerprint density at radius 3 is 2.50 bits per heavy atom. The molecule has 0 radical (unpaired) electrons. The summed E-state index contributed by atoms with van der Waals surface area (Å²) in [7, 11) is 1.82. The lowest BCUT2D eigenvalue weighted by Crippen LogP contribution is -2.31. The fourth-order valence-corrected chi connectivity index (χ4v) is 0.564. The maximum atomic E-state index is 10.2. The third-order valence-corrected chi connectivity index (χ3v) is 1.49. The fourth-order valence-electron chi connectivity index (χ4n) is 0.564. The van der Waals surface area contributed by atoms with Crippen molar-refractivity contribution in [2.75, 3.05) is 13.6 Å². The zero-order valence-electron chi connectivity index (χ0n) is 6.41. The predicted octanol–water partition coefficient (Wildman–Crippen LogP) is 0.0946. The maximum absolute atomic E-state index is 10.2. The molecule has 1 atom stereocenters. The molecule has 0 aliphatic carbocycles. The molecule has 0 unspecified atom stereocenters. The molecule has 0 rings (SSSR count). The van der Waals surface area contributed by atoms with E-state index in [0.717, 1.165) is 12.6 Å². The second-order valence-corrected chi connectivity index (χ2v) is 2.31. The van der Waals surface area contributed by atoms with Gasteiger partial charge in [0.2, 0.25) is 0 Å². The van der Waals surface area contributed by atoms with Crippen LogP contribution in [0.1, 0.15) is 13.3 Å². The van der Waals surface area contributed by atoms with Crippen LogP contribution in [0.4, 0.5) is 0 Å². The van der Waals surface area contributed by atoms with Gasteiger partial charge in [-0.25, -0.2) is 0 Å². The first-order chi connectivity index (χ1) is 4.72. The molecular weight excluding hydrogens is 130 g/mol. The summed E-state index contributed by atoms with van der Waals surface area (Å²) in [5, 5.41) is 0. The monoisotopic (exact) mass is 143 g/mol. The van der Waals surface area contributed by atoms with E-state index < -0.39 is 0 Å². The summed E-state index contributed by atoms with van der Waals surface area (Å²) in [6, 6.07) is -0.0834. The van der Waals surface area contributed by atoms with Crippen molar-refractivity contribution in [3.8, 4) is 0 Å². The highest BCUT2D eigenvalue weighted by Crippen LogP contribution is 1.91. The Labute approximate surface area is 61.0 Å².